The van der Waals surface area contributed by atoms with Gasteiger partial charge in [-0.25, -0.2) is 0 Å². The van der Waals surface area contributed by atoms with Crippen molar-refractivity contribution >= 4 is 5.97 Å². The van der Waals surface area contributed by atoms with Crippen LogP contribution in [0.4, 0.5) is 0 Å². The van der Waals surface area contributed by atoms with Crippen molar-refractivity contribution in [2.24, 2.45) is 0 Å². The van der Waals surface area contributed by atoms with E-state index in [2.05, 4.69) is 0 Å². The SMILES string of the molecule is O=C(OC1C=COc2ccccc21)C1C=COc2ccccc21. The number of carbonyl (C=O) groups excluding carboxylic acids is 1. The summed E-state index contributed by atoms with van der Waals surface area (Å²) >= 11 is 0. The van der Waals surface area contributed by atoms with Gasteiger partial charge in [-0.2, -0.15) is 0 Å². The Hall–Kier alpha value is -3.01. The van der Waals surface area contributed by atoms with Crippen LogP contribution in [0.15, 0.2) is 73.2 Å². The Bertz CT molecular complexity index is 807. The number of fused-ring (bicyclic) bond motifs is 2. The number of ether oxygens (including phenoxy) is 3. The summed E-state index contributed by atoms with van der Waals surface area (Å²) in [4.78, 5) is 12.6. The molecule has 0 amide bonds. The van der Waals surface area contributed by atoms with Gasteiger partial charge >= 0.3 is 5.97 Å². The van der Waals surface area contributed by atoms with Gasteiger partial charge in [0.1, 0.15) is 17.4 Å². The van der Waals surface area contributed by atoms with Gasteiger partial charge in [0.2, 0.25) is 0 Å². The number of carbonyl (C=O) groups is 1. The maximum Gasteiger partial charge on any atom is 0.318 e. The van der Waals surface area contributed by atoms with E-state index < -0.39 is 12.0 Å². The Kier molecular flexibility index (Phi) is 3.35. The molecule has 23 heavy (non-hydrogen) atoms. The van der Waals surface area contributed by atoms with Crippen LogP contribution in [0.1, 0.15) is 23.1 Å². The van der Waals surface area contributed by atoms with Crippen LogP contribution in [-0.2, 0) is 9.53 Å². The van der Waals surface area contributed by atoms with Gasteiger partial charge in [-0.15, -0.1) is 0 Å². The zero-order valence-electron chi connectivity index (χ0n) is 12.2. The predicted molar refractivity (Wildman–Crippen MR) is 84.0 cm³/mol. The molecule has 114 valence electrons. The molecule has 2 unspecified atom stereocenters. The number of hydrogen-bond donors (Lipinski definition) is 0. The molecule has 2 heterocycles. The Morgan fingerprint density at radius 1 is 0.826 bits per heavy atom. The molecule has 0 fully saturated rings. The summed E-state index contributed by atoms with van der Waals surface area (Å²) in [6.07, 6.45) is 6.07. The fourth-order valence-corrected chi connectivity index (χ4v) is 2.76. The van der Waals surface area contributed by atoms with Gasteiger partial charge in [0.25, 0.3) is 0 Å². The third kappa shape index (κ3) is 2.48. The topological polar surface area (TPSA) is 44.8 Å². The summed E-state index contributed by atoms with van der Waals surface area (Å²) in [5.41, 5.74) is 1.65. The highest BCUT2D eigenvalue weighted by Gasteiger charge is 2.29. The monoisotopic (exact) mass is 306 g/mol. The van der Waals surface area contributed by atoms with Crippen molar-refractivity contribution in [2.75, 3.05) is 0 Å². The number of benzene rings is 2. The lowest BCUT2D eigenvalue weighted by molar-refractivity contribution is -0.148. The van der Waals surface area contributed by atoms with Gasteiger partial charge in [0.15, 0.2) is 6.10 Å². The average molecular weight is 306 g/mol. The van der Waals surface area contributed by atoms with Crippen LogP contribution in [0.3, 0.4) is 0 Å². The fraction of sp³-hybridized carbons (Fsp3) is 0.105. The molecule has 4 nitrogen and oxygen atoms in total. The normalized spacial score (nSPS) is 20.7. The van der Waals surface area contributed by atoms with Crippen LogP contribution >= 0.6 is 0 Å². The highest BCUT2D eigenvalue weighted by molar-refractivity contribution is 5.82. The second-order valence-electron chi connectivity index (χ2n) is 5.30. The molecule has 0 aliphatic carbocycles. The van der Waals surface area contributed by atoms with Gasteiger partial charge in [-0.3, -0.25) is 4.79 Å². The van der Waals surface area contributed by atoms with Gasteiger partial charge in [0.05, 0.1) is 12.5 Å². The van der Waals surface area contributed by atoms with Gasteiger partial charge < -0.3 is 14.2 Å². The lowest BCUT2D eigenvalue weighted by atomic mass is 9.96. The fourth-order valence-electron chi connectivity index (χ4n) is 2.76. The summed E-state index contributed by atoms with van der Waals surface area (Å²) in [7, 11) is 0. The van der Waals surface area contributed by atoms with E-state index in [1.165, 1.54) is 6.26 Å². The van der Waals surface area contributed by atoms with E-state index in [9.17, 15) is 4.79 Å². The van der Waals surface area contributed by atoms with Crippen molar-refractivity contribution in [3.05, 3.63) is 84.3 Å². The highest BCUT2D eigenvalue weighted by atomic mass is 16.5. The largest absolute Gasteiger partial charge is 0.465 e. The van der Waals surface area contributed by atoms with Crippen molar-refractivity contribution in [1.29, 1.82) is 0 Å². The van der Waals surface area contributed by atoms with Crippen LogP contribution in [0.25, 0.3) is 0 Å². The Balaban J connectivity index is 1.59. The molecule has 2 aromatic carbocycles. The lowest BCUT2D eigenvalue weighted by Crippen LogP contribution is -2.20. The van der Waals surface area contributed by atoms with Crippen molar-refractivity contribution in [1.82, 2.24) is 0 Å². The minimum atomic E-state index is -0.469. The second kappa shape index (κ2) is 5.65. The summed E-state index contributed by atoms with van der Waals surface area (Å²) < 4.78 is 16.6. The maximum absolute atomic E-state index is 12.6. The molecule has 0 saturated carbocycles. The van der Waals surface area contributed by atoms with Crippen LogP contribution in [-0.4, -0.2) is 5.97 Å². The molecule has 0 radical (unpaired) electrons. The first-order chi connectivity index (χ1) is 11.3. The minimum Gasteiger partial charge on any atom is -0.465 e. The molecule has 2 aromatic rings. The van der Waals surface area contributed by atoms with E-state index in [0.717, 1.165) is 11.1 Å². The molecule has 0 spiro atoms. The highest BCUT2D eigenvalue weighted by Crippen LogP contribution is 2.36. The number of hydrogen-bond acceptors (Lipinski definition) is 4. The molecular formula is C19H14O4. The first-order valence-electron chi connectivity index (χ1n) is 7.38. The van der Waals surface area contributed by atoms with E-state index in [1.807, 2.05) is 48.5 Å². The van der Waals surface area contributed by atoms with Gasteiger partial charge in [-0.1, -0.05) is 36.4 Å². The second-order valence-corrected chi connectivity index (χ2v) is 5.30. The maximum atomic E-state index is 12.6. The Morgan fingerprint density at radius 3 is 2.22 bits per heavy atom. The van der Waals surface area contributed by atoms with E-state index in [1.54, 1.807) is 18.4 Å². The first-order valence-corrected chi connectivity index (χ1v) is 7.38. The zero-order valence-corrected chi connectivity index (χ0v) is 12.2. The molecule has 4 rings (SSSR count). The zero-order chi connectivity index (χ0) is 15.6. The van der Waals surface area contributed by atoms with Crippen molar-refractivity contribution in [3.63, 3.8) is 0 Å². The Morgan fingerprint density at radius 2 is 1.43 bits per heavy atom. The third-order valence-electron chi connectivity index (χ3n) is 3.89. The van der Waals surface area contributed by atoms with Crippen molar-refractivity contribution in [2.45, 2.75) is 12.0 Å². The predicted octanol–water partition coefficient (Wildman–Crippen LogP) is 3.87. The van der Waals surface area contributed by atoms with Crippen LogP contribution in [0.2, 0.25) is 0 Å². The Labute approximate surface area is 133 Å². The number of esters is 1. The first kappa shape index (κ1) is 13.6. The van der Waals surface area contributed by atoms with E-state index >= 15 is 0 Å². The molecule has 0 saturated heterocycles. The number of rotatable bonds is 2. The lowest BCUT2D eigenvalue weighted by Gasteiger charge is -2.24. The van der Waals surface area contributed by atoms with Crippen LogP contribution < -0.4 is 9.47 Å². The van der Waals surface area contributed by atoms with Crippen LogP contribution in [0.5, 0.6) is 11.5 Å². The molecule has 0 bridgehead atoms. The quantitative estimate of drug-likeness (QED) is 0.790. The summed E-state index contributed by atoms with van der Waals surface area (Å²) in [6.45, 7) is 0. The minimum absolute atomic E-state index is 0.316. The number of para-hydroxylation sites is 2. The molecule has 0 aromatic heterocycles. The summed E-state index contributed by atoms with van der Waals surface area (Å²) in [5, 5.41) is 0. The standard InChI is InChI=1S/C19H14O4/c20-19(14-9-11-21-16-7-3-1-5-13(14)16)23-18-10-12-22-17-8-4-2-6-15(17)18/h1-12,14,18H. The van der Waals surface area contributed by atoms with Crippen molar-refractivity contribution < 1.29 is 19.0 Å². The molecule has 2 aliphatic rings. The smallest absolute Gasteiger partial charge is 0.318 e. The van der Waals surface area contributed by atoms with E-state index in [4.69, 9.17) is 14.2 Å². The molecule has 2 atom stereocenters. The van der Waals surface area contributed by atoms with Crippen molar-refractivity contribution in [3.8, 4) is 11.5 Å². The van der Waals surface area contributed by atoms with Gasteiger partial charge in [-0.05, 0) is 24.3 Å². The molecule has 4 heteroatoms. The van der Waals surface area contributed by atoms with Gasteiger partial charge in [0, 0.05) is 11.1 Å². The molecule has 0 N–H and O–H groups in total. The van der Waals surface area contributed by atoms with E-state index in [-0.39, 0.29) is 5.97 Å². The average Bonchev–Trinajstić information content (AvgIpc) is 2.61. The summed E-state index contributed by atoms with van der Waals surface area (Å²) in [5.74, 6) is 0.599. The summed E-state index contributed by atoms with van der Waals surface area (Å²) in [6, 6.07) is 15.0. The molecule has 2 aliphatic heterocycles. The third-order valence-corrected chi connectivity index (χ3v) is 3.89. The van der Waals surface area contributed by atoms with Crippen LogP contribution in [0, 0.1) is 0 Å². The molecular weight excluding hydrogens is 292 g/mol. The van der Waals surface area contributed by atoms with E-state index in [0.29, 0.717) is 11.5 Å².